The zero-order valence-electron chi connectivity index (χ0n) is 8.53. The van der Waals surface area contributed by atoms with Gasteiger partial charge in [-0.2, -0.15) is 0 Å². The summed E-state index contributed by atoms with van der Waals surface area (Å²) in [6.07, 6.45) is 0.771. The summed E-state index contributed by atoms with van der Waals surface area (Å²) in [5, 5.41) is 16.1. The summed E-state index contributed by atoms with van der Waals surface area (Å²) < 4.78 is 0. The summed E-state index contributed by atoms with van der Waals surface area (Å²) in [6, 6.07) is 8.12. The van der Waals surface area contributed by atoms with Crippen LogP contribution in [0.15, 0.2) is 24.3 Å². The maximum Gasteiger partial charge on any atom is 0.300 e. The number of benzene rings is 1. The Balaban J connectivity index is 0.000000364. The largest absolute Gasteiger partial charge is 0.481 e. The van der Waals surface area contributed by atoms with Gasteiger partial charge >= 0.3 is 0 Å². The Morgan fingerprint density at radius 1 is 1.36 bits per heavy atom. The molecule has 14 heavy (non-hydrogen) atoms. The lowest BCUT2D eigenvalue weighted by Gasteiger charge is -2.00. The maximum atomic E-state index is 9.00. The van der Waals surface area contributed by atoms with Crippen molar-refractivity contribution in [2.75, 3.05) is 6.61 Å². The van der Waals surface area contributed by atoms with Crippen LogP contribution in [0.25, 0.3) is 0 Å². The van der Waals surface area contributed by atoms with Crippen molar-refractivity contribution >= 4 is 5.97 Å². The monoisotopic (exact) mass is 196 g/mol. The maximum absolute atomic E-state index is 9.00. The molecule has 1 aromatic rings. The summed E-state index contributed by atoms with van der Waals surface area (Å²) in [5.41, 5.74) is 2.50. The molecular formula is C11H16O3. The minimum absolute atomic E-state index is 0.241. The average Bonchev–Trinajstić information content (AvgIpc) is 2.08. The fourth-order valence-electron chi connectivity index (χ4n) is 1.01. The van der Waals surface area contributed by atoms with Gasteiger partial charge in [-0.05, 0) is 24.5 Å². The van der Waals surface area contributed by atoms with E-state index in [1.807, 2.05) is 18.2 Å². The van der Waals surface area contributed by atoms with Crippen molar-refractivity contribution in [2.45, 2.75) is 20.3 Å². The van der Waals surface area contributed by atoms with Crippen LogP contribution in [-0.4, -0.2) is 22.8 Å². The van der Waals surface area contributed by atoms with Crippen molar-refractivity contribution in [1.29, 1.82) is 0 Å². The van der Waals surface area contributed by atoms with Crippen LogP contribution in [0.1, 0.15) is 18.1 Å². The summed E-state index contributed by atoms with van der Waals surface area (Å²) in [6.45, 7) is 3.38. The van der Waals surface area contributed by atoms with Crippen molar-refractivity contribution in [2.24, 2.45) is 0 Å². The molecule has 0 radical (unpaired) electrons. The highest BCUT2D eigenvalue weighted by atomic mass is 16.4. The Morgan fingerprint density at radius 3 is 2.29 bits per heavy atom. The summed E-state index contributed by atoms with van der Waals surface area (Å²) in [5.74, 6) is -0.833. The molecule has 0 amide bonds. The molecule has 78 valence electrons. The van der Waals surface area contributed by atoms with E-state index in [4.69, 9.17) is 15.0 Å². The molecule has 0 heterocycles. The van der Waals surface area contributed by atoms with Crippen molar-refractivity contribution in [3.63, 3.8) is 0 Å². The Kier molecular flexibility index (Phi) is 6.41. The molecule has 3 heteroatoms. The number of carboxylic acid groups (broad SMARTS) is 1. The van der Waals surface area contributed by atoms with Crippen LogP contribution in [0.4, 0.5) is 0 Å². The quantitative estimate of drug-likeness (QED) is 0.755. The lowest BCUT2D eigenvalue weighted by molar-refractivity contribution is -0.134. The molecule has 0 aliphatic carbocycles. The smallest absolute Gasteiger partial charge is 0.300 e. The number of aryl methyl sites for hydroxylation is 1. The van der Waals surface area contributed by atoms with Gasteiger partial charge in [0.15, 0.2) is 0 Å². The van der Waals surface area contributed by atoms with Crippen molar-refractivity contribution in [1.82, 2.24) is 0 Å². The predicted octanol–water partition coefficient (Wildman–Crippen LogP) is 1.62. The number of aliphatic hydroxyl groups excluding tert-OH is 1. The lowest BCUT2D eigenvalue weighted by atomic mass is 10.1. The summed E-state index contributed by atoms with van der Waals surface area (Å²) in [4.78, 5) is 9.00. The average molecular weight is 196 g/mol. The fraction of sp³-hybridized carbons (Fsp3) is 0.364. The van der Waals surface area contributed by atoms with Crippen LogP contribution in [0, 0.1) is 6.92 Å². The Morgan fingerprint density at radius 2 is 1.86 bits per heavy atom. The molecule has 3 nitrogen and oxygen atoms in total. The molecule has 0 fully saturated rings. The molecule has 0 saturated carbocycles. The zero-order valence-corrected chi connectivity index (χ0v) is 8.53. The molecule has 2 N–H and O–H groups in total. The first-order valence-electron chi connectivity index (χ1n) is 4.42. The van der Waals surface area contributed by atoms with Crippen molar-refractivity contribution in [3.05, 3.63) is 35.4 Å². The number of carbonyl (C=O) groups is 1. The van der Waals surface area contributed by atoms with Crippen LogP contribution in [0.2, 0.25) is 0 Å². The highest BCUT2D eigenvalue weighted by Gasteiger charge is 1.93. The van der Waals surface area contributed by atoms with Gasteiger partial charge in [-0.1, -0.05) is 24.3 Å². The minimum atomic E-state index is -0.833. The second kappa shape index (κ2) is 7.09. The van der Waals surface area contributed by atoms with Crippen molar-refractivity contribution in [3.8, 4) is 0 Å². The van der Waals surface area contributed by atoms with Gasteiger partial charge in [0.2, 0.25) is 0 Å². The van der Waals surface area contributed by atoms with Crippen LogP contribution in [0.3, 0.4) is 0 Å². The van der Waals surface area contributed by atoms with E-state index in [9.17, 15) is 0 Å². The topological polar surface area (TPSA) is 57.5 Å². The number of carboxylic acids is 1. The SMILES string of the molecule is CC(=O)O.Cc1ccccc1CCO. The molecule has 1 rings (SSSR count). The molecule has 0 bridgehead atoms. The van der Waals surface area contributed by atoms with Gasteiger partial charge in [-0.3, -0.25) is 4.79 Å². The van der Waals surface area contributed by atoms with E-state index in [1.165, 1.54) is 11.1 Å². The van der Waals surface area contributed by atoms with Crippen molar-refractivity contribution < 1.29 is 15.0 Å². The van der Waals surface area contributed by atoms with Gasteiger partial charge in [-0.25, -0.2) is 0 Å². The highest BCUT2D eigenvalue weighted by molar-refractivity contribution is 5.62. The first-order chi connectivity index (χ1) is 6.57. The zero-order chi connectivity index (χ0) is 11.0. The molecule has 0 aromatic heterocycles. The Bertz CT molecular complexity index is 278. The number of rotatable bonds is 2. The standard InChI is InChI=1S/C9H12O.C2H4O2/c1-8-4-2-3-5-9(8)6-7-10;1-2(3)4/h2-5,10H,6-7H2,1H3;1H3,(H,3,4). The van der Waals surface area contributed by atoms with Gasteiger partial charge in [-0.15, -0.1) is 0 Å². The van der Waals surface area contributed by atoms with Crippen LogP contribution >= 0.6 is 0 Å². The second-order valence-corrected chi connectivity index (χ2v) is 2.92. The Hall–Kier alpha value is -1.35. The molecule has 0 aliphatic rings. The van der Waals surface area contributed by atoms with E-state index in [0.717, 1.165) is 13.3 Å². The third-order valence-electron chi connectivity index (χ3n) is 1.64. The number of aliphatic hydroxyl groups is 1. The van der Waals surface area contributed by atoms with Gasteiger partial charge < -0.3 is 10.2 Å². The fourth-order valence-corrected chi connectivity index (χ4v) is 1.01. The van der Waals surface area contributed by atoms with E-state index < -0.39 is 5.97 Å². The molecule has 1 aromatic carbocycles. The molecule has 0 atom stereocenters. The molecule has 0 unspecified atom stereocenters. The molecule has 0 aliphatic heterocycles. The molecular weight excluding hydrogens is 180 g/mol. The van der Waals surface area contributed by atoms with Gasteiger partial charge in [0.25, 0.3) is 5.97 Å². The minimum Gasteiger partial charge on any atom is -0.481 e. The number of hydrogen-bond donors (Lipinski definition) is 2. The van der Waals surface area contributed by atoms with E-state index in [1.54, 1.807) is 0 Å². The van der Waals surface area contributed by atoms with Gasteiger partial charge in [0, 0.05) is 13.5 Å². The van der Waals surface area contributed by atoms with Crippen LogP contribution in [0.5, 0.6) is 0 Å². The predicted molar refractivity (Wildman–Crippen MR) is 55.3 cm³/mol. The van der Waals surface area contributed by atoms with Crippen LogP contribution in [-0.2, 0) is 11.2 Å². The van der Waals surface area contributed by atoms with E-state index in [0.29, 0.717) is 0 Å². The number of aliphatic carboxylic acids is 1. The third kappa shape index (κ3) is 6.20. The first-order valence-corrected chi connectivity index (χ1v) is 4.42. The Labute approximate surface area is 84.0 Å². The number of hydrogen-bond acceptors (Lipinski definition) is 2. The third-order valence-corrected chi connectivity index (χ3v) is 1.64. The highest BCUT2D eigenvalue weighted by Crippen LogP contribution is 2.06. The van der Waals surface area contributed by atoms with E-state index in [2.05, 4.69) is 13.0 Å². The van der Waals surface area contributed by atoms with E-state index in [-0.39, 0.29) is 6.61 Å². The lowest BCUT2D eigenvalue weighted by Crippen LogP contribution is -1.92. The molecule has 0 saturated heterocycles. The summed E-state index contributed by atoms with van der Waals surface area (Å²) >= 11 is 0. The molecule has 0 spiro atoms. The van der Waals surface area contributed by atoms with Gasteiger partial charge in [0.05, 0.1) is 0 Å². The van der Waals surface area contributed by atoms with E-state index >= 15 is 0 Å². The van der Waals surface area contributed by atoms with Crippen LogP contribution < -0.4 is 0 Å². The second-order valence-electron chi connectivity index (χ2n) is 2.92. The first kappa shape index (κ1) is 12.7. The normalized spacial score (nSPS) is 8.79. The van der Waals surface area contributed by atoms with Gasteiger partial charge in [0.1, 0.15) is 0 Å². The summed E-state index contributed by atoms with van der Waals surface area (Å²) in [7, 11) is 0.